The summed E-state index contributed by atoms with van der Waals surface area (Å²) in [6.45, 7) is 8.19. The van der Waals surface area contributed by atoms with Gasteiger partial charge in [-0.15, -0.1) is 0 Å². The molecule has 226 valence electrons. The highest BCUT2D eigenvalue weighted by molar-refractivity contribution is 7.92. The Morgan fingerprint density at radius 2 is 1.86 bits per heavy atom. The van der Waals surface area contributed by atoms with Gasteiger partial charge in [0.25, 0.3) is 10.0 Å². The molecule has 1 aliphatic carbocycles. The first kappa shape index (κ1) is 29.7. The summed E-state index contributed by atoms with van der Waals surface area (Å²) in [5.74, 6) is 0.0977. The Morgan fingerprint density at radius 3 is 2.60 bits per heavy atom. The lowest BCUT2D eigenvalue weighted by molar-refractivity contribution is 0.177. The molecule has 2 heterocycles. The zero-order valence-corrected chi connectivity index (χ0v) is 25.9. The first-order valence-electron chi connectivity index (χ1n) is 14.6. The van der Waals surface area contributed by atoms with Crippen LogP contribution in [0.5, 0.6) is 0 Å². The van der Waals surface area contributed by atoms with Crippen molar-refractivity contribution in [1.29, 1.82) is 0 Å². The van der Waals surface area contributed by atoms with Crippen LogP contribution in [0.25, 0.3) is 22.0 Å². The zero-order chi connectivity index (χ0) is 30.5. The van der Waals surface area contributed by atoms with E-state index in [9.17, 15) is 13.5 Å². The Labute approximate surface area is 256 Å². The Bertz CT molecular complexity index is 1810. The molecule has 1 aliphatic heterocycles. The molecule has 11 heteroatoms. The number of sulfonamides is 1. The summed E-state index contributed by atoms with van der Waals surface area (Å²) in [4.78, 5) is 11.7. The Kier molecular flexibility index (Phi) is 8.06. The number of anilines is 2. The first-order valence-corrected chi connectivity index (χ1v) is 16.5. The summed E-state index contributed by atoms with van der Waals surface area (Å²) < 4.78 is 45.0. The smallest absolute Gasteiger partial charge is 0.262 e. The molecule has 2 aliphatic rings. The van der Waals surface area contributed by atoms with E-state index in [4.69, 9.17) is 16.6 Å². The average Bonchev–Trinajstić information content (AvgIpc) is 3.34. The van der Waals surface area contributed by atoms with Crippen LogP contribution in [0, 0.1) is 12.7 Å². The van der Waals surface area contributed by atoms with E-state index in [-0.39, 0.29) is 21.2 Å². The van der Waals surface area contributed by atoms with Crippen molar-refractivity contribution in [3.05, 3.63) is 76.2 Å². The van der Waals surface area contributed by atoms with Gasteiger partial charge in [-0.25, -0.2) is 22.8 Å². The van der Waals surface area contributed by atoms with Crippen molar-refractivity contribution in [1.82, 2.24) is 14.9 Å². The topological polar surface area (TPSA) is 107 Å². The summed E-state index contributed by atoms with van der Waals surface area (Å²) in [5, 5.41) is 14.7. The van der Waals surface area contributed by atoms with Gasteiger partial charge in [0.15, 0.2) is 0 Å². The number of rotatable bonds is 7. The van der Waals surface area contributed by atoms with E-state index < -0.39 is 21.9 Å². The standard InChI is InChI=1S/C32H35ClFN5O3S/c1-18(2)39-12-10-23(11-13-39)36-32-35-17-21-14-20(4-7-28(21)37-32)31-19(3)27(8-6-26(31)34)38-43(41,42)30-16-22(33)15-25-24(30)5-9-29(25)40/h4,6-8,14-18,23,29,38,40H,5,9-13H2,1-3H3,(H,35,36,37). The maximum absolute atomic E-state index is 15.3. The molecule has 1 saturated heterocycles. The minimum absolute atomic E-state index is 0.0227. The number of aromatic nitrogens is 2. The first-order chi connectivity index (χ1) is 20.5. The van der Waals surface area contributed by atoms with Crippen LogP contribution in [0.3, 0.4) is 0 Å². The van der Waals surface area contributed by atoms with E-state index >= 15 is 4.39 Å². The van der Waals surface area contributed by atoms with E-state index in [1.54, 1.807) is 25.3 Å². The predicted molar refractivity (Wildman–Crippen MR) is 169 cm³/mol. The fraction of sp³-hybridized carbons (Fsp3) is 0.375. The number of halogens is 2. The molecule has 0 amide bonds. The molecule has 0 saturated carbocycles. The number of hydrogen-bond acceptors (Lipinski definition) is 7. The largest absolute Gasteiger partial charge is 0.388 e. The number of hydrogen-bond donors (Lipinski definition) is 3. The van der Waals surface area contributed by atoms with Crippen molar-refractivity contribution in [2.24, 2.45) is 0 Å². The number of aliphatic hydroxyl groups is 1. The number of nitrogens with zero attached hydrogens (tertiary/aromatic N) is 3. The van der Waals surface area contributed by atoms with Crippen molar-refractivity contribution in [3.8, 4) is 11.1 Å². The molecule has 1 atom stereocenters. The highest BCUT2D eigenvalue weighted by atomic mass is 35.5. The number of aliphatic hydroxyl groups excluding tert-OH is 1. The predicted octanol–water partition coefficient (Wildman–Crippen LogP) is 6.46. The van der Waals surface area contributed by atoms with Gasteiger partial charge < -0.3 is 15.3 Å². The number of piperidine rings is 1. The van der Waals surface area contributed by atoms with Crippen LogP contribution in [0.2, 0.25) is 5.02 Å². The zero-order valence-electron chi connectivity index (χ0n) is 24.4. The van der Waals surface area contributed by atoms with E-state index in [2.05, 4.69) is 33.8 Å². The highest BCUT2D eigenvalue weighted by Gasteiger charge is 2.30. The molecule has 0 radical (unpaired) electrons. The van der Waals surface area contributed by atoms with Crippen LogP contribution in [0.1, 0.15) is 55.9 Å². The van der Waals surface area contributed by atoms with Gasteiger partial charge in [0.05, 0.1) is 22.2 Å². The van der Waals surface area contributed by atoms with E-state index in [0.29, 0.717) is 53.1 Å². The number of benzene rings is 3. The van der Waals surface area contributed by atoms with Crippen LogP contribution >= 0.6 is 11.6 Å². The second kappa shape index (κ2) is 11.6. The van der Waals surface area contributed by atoms with Crippen LogP contribution < -0.4 is 10.0 Å². The van der Waals surface area contributed by atoms with Crippen molar-refractivity contribution < 1.29 is 17.9 Å². The van der Waals surface area contributed by atoms with Gasteiger partial charge in [-0.2, -0.15) is 0 Å². The molecule has 0 spiro atoms. The molecule has 8 nitrogen and oxygen atoms in total. The third kappa shape index (κ3) is 5.93. The van der Waals surface area contributed by atoms with Crippen molar-refractivity contribution in [2.75, 3.05) is 23.1 Å². The average molecular weight is 624 g/mol. The molecule has 6 rings (SSSR count). The second-order valence-corrected chi connectivity index (χ2v) is 13.8. The maximum Gasteiger partial charge on any atom is 0.262 e. The molecule has 4 aromatic rings. The van der Waals surface area contributed by atoms with Gasteiger partial charge in [0.1, 0.15) is 5.82 Å². The normalized spacial score (nSPS) is 17.9. The van der Waals surface area contributed by atoms with E-state index in [1.165, 1.54) is 18.2 Å². The molecule has 1 aromatic heterocycles. The Morgan fingerprint density at radius 1 is 1.09 bits per heavy atom. The molecular weight excluding hydrogens is 589 g/mol. The fourth-order valence-electron chi connectivity index (χ4n) is 6.22. The number of likely N-dealkylation sites (tertiary alicyclic amines) is 1. The van der Waals surface area contributed by atoms with Crippen LogP contribution in [-0.2, 0) is 16.4 Å². The maximum atomic E-state index is 15.3. The Balaban J connectivity index is 1.26. The molecule has 3 N–H and O–H groups in total. The van der Waals surface area contributed by atoms with Crippen molar-refractivity contribution in [2.45, 2.75) is 69.5 Å². The molecule has 43 heavy (non-hydrogen) atoms. The van der Waals surface area contributed by atoms with Gasteiger partial charge in [0.2, 0.25) is 5.95 Å². The molecular formula is C32H35ClFN5O3S. The fourth-order valence-corrected chi connectivity index (χ4v) is 7.96. The minimum Gasteiger partial charge on any atom is -0.388 e. The quantitative estimate of drug-likeness (QED) is 0.217. The summed E-state index contributed by atoms with van der Waals surface area (Å²) in [6.07, 6.45) is 3.88. The second-order valence-electron chi connectivity index (χ2n) is 11.7. The van der Waals surface area contributed by atoms with Gasteiger partial charge in [-0.05, 0) is 105 Å². The van der Waals surface area contributed by atoms with Gasteiger partial charge in [-0.3, -0.25) is 4.72 Å². The third-order valence-electron chi connectivity index (χ3n) is 8.64. The monoisotopic (exact) mass is 623 g/mol. The SMILES string of the molecule is Cc1c(NS(=O)(=O)c2cc(Cl)cc3c2CCC3O)ccc(F)c1-c1ccc2nc(NC3CCN(C(C)C)CC3)ncc2c1. The van der Waals surface area contributed by atoms with Gasteiger partial charge in [0, 0.05) is 47.3 Å². The number of fused-ring (bicyclic) bond motifs is 2. The molecule has 1 fully saturated rings. The van der Waals surface area contributed by atoms with Gasteiger partial charge in [-0.1, -0.05) is 17.7 Å². The lowest BCUT2D eigenvalue weighted by Gasteiger charge is -2.34. The Hall–Kier alpha value is -3.31. The van der Waals surface area contributed by atoms with Crippen LogP contribution in [0.15, 0.2) is 53.6 Å². The van der Waals surface area contributed by atoms with Crippen LogP contribution in [-0.4, -0.2) is 53.6 Å². The van der Waals surface area contributed by atoms with E-state index in [0.717, 1.165) is 36.8 Å². The molecule has 1 unspecified atom stereocenters. The lowest BCUT2D eigenvalue weighted by atomic mass is 9.97. The third-order valence-corrected chi connectivity index (χ3v) is 10.3. The van der Waals surface area contributed by atoms with E-state index in [1.807, 2.05) is 12.1 Å². The lowest BCUT2D eigenvalue weighted by Crippen LogP contribution is -2.42. The highest BCUT2D eigenvalue weighted by Crippen LogP contribution is 2.39. The molecule has 0 bridgehead atoms. The summed E-state index contributed by atoms with van der Waals surface area (Å²) in [5.41, 5.74) is 3.37. The summed E-state index contributed by atoms with van der Waals surface area (Å²) >= 11 is 6.21. The summed E-state index contributed by atoms with van der Waals surface area (Å²) in [6, 6.07) is 12.0. The van der Waals surface area contributed by atoms with Gasteiger partial charge >= 0.3 is 0 Å². The molecule has 3 aromatic carbocycles. The number of nitrogens with one attached hydrogen (secondary N) is 2. The van der Waals surface area contributed by atoms with Crippen LogP contribution in [0.4, 0.5) is 16.0 Å². The van der Waals surface area contributed by atoms with Crippen molar-refractivity contribution in [3.63, 3.8) is 0 Å². The van der Waals surface area contributed by atoms with Crippen molar-refractivity contribution >= 4 is 44.2 Å². The minimum atomic E-state index is -4.08. The summed E-state index contributed by atoms with van der Waals surface area (Å²) in [7, 11) is -4.08.